The molecular formula is C14H13NO2. The van der Waals surface area contributed by atoms with E-state index < -0.39 is 5.97 Å². The van der Waals surface area contributed by atoms with Gasteiger partial charge in [-0.1, -0.05) is 18.2 Å². The van der Waals surface area contributed by atoms with Crippen molar-refractivity contribution in [3.8, 4) is 11.1 Å². The number of carbonyl (C=O) groups is 1. The summed E-state index contributed by atoms with van der Waals surface area (Å²) in [6.45, 7) is 1.89. The Morgan fingerprint density at radius 1 is 1.18 bits per heavy atom. The van der Waals surface area contributed by atoms with E-state index >= 15 is 0 Å². The fraction of sp³-hybridized carbons (Fsp3) is 0.0714. The first kappa shape index (κ1) is 11.2. The highest BCUT2D eigenvalue weighted by atomic mass is 16.4. The number of aryl methyl sites for hydroxylation is 1. The minimum absolute atomic E-state index is 0.301. The Morgan fingerprint density at radius 2 is 1.94 bits per heavy atom. The second-order valence-corrected chi connectivity index (χ2v) is 3.96. The minimum atomic E-state index is -0.910. The molecule has 86 valence electrons. The number of aromatic carboxylic acids is 1. The molecule has 2 aromatic rings. The molecule has 0 aromatic heterocycles. The highest BCUT2D eigenvalue weighted by Gasteiger charge is 2.07. The van der Waals surface area contributed by atoms with E-state index in [1.807, 2.05) is 37.3 Å². The van der Waals surface area contributed by atoms with Gasteiger partial charge < -0.3 is 10.8 Å². The number of rotatable bonds is 2. The van der Waals surface area contributed by atoms with Crippen LogP contribution in [0.25, 0.3) is 11.1 Å². The van der Waals surface area contributed by atoms with Gasteiger partial charge >= 0.3 is 5.97 Å². The average Bonchev–Trinajstić information content (AvgIpc) is 2.28. The van der Waals surface area contributed by atoms with Gasteiger partial charge in [-0.3, -0.25) is 0 Å². The van der Waals surface area contributed by atoms with E-state index in [1.54, 1.807) is 12.1 Å². The second kappa shape index (κ2) is 4.29. The van der Waals surface area contributed by atoms with Crippen LogP contribution in [-0.4, -0.2) is 11.1 Å². The molecule has 0 amide bonds. The molecule has 0 bridgehead atoms. The topological polar surface area (TPSA) is 63.3 Å². The van der Waals surface area contributed by atoms with Crippen molar-refractivity contribution in [1.29, 1.82) is 0 Å². The summed E-state index contributed by atoms with van der Waals surface area (Å²) in [5.74, 6) is -0.910. The fourth-order valence-electron chi connectivity index (χ4n) is 1.83. The summed E-state index contributed by atoms with van der Waals surface area (Å²) in [6, 6.07) is 12.6. The maximum absolute atomic E-state index is 10.8. The Kier molecular flexibility index (Phi) is 2.83. The Hall–Kier alpha value is -2.29. The van der Waals surface area contributed by atoms with E-state index in [2.05, 4.69) is 0 Å². The molecular weight excluding hydrogens is 214 g/mol. The second-order valence-electron chi connectivity index (χ2n) is 3.96. The minimum Gasteiger partial charge on any atom is -0.478 e. The quantitative estimate of drug-likeness (QED) is 0.775. The zero-order chi connectivity index (χ0) is 12.4. The zero-order valence-corrected chi connectivity index (χ0v) is 9.47. The maximum atomic E-state index is 10.8. The molecule has 0 unspecified atom stereocenters. The van der Waals surface area contributed by atoms with Crippen LogP contribution < -0.4 is 5.73 Å². The monoisotopic (exact) mass is 227 g/mol. The summed E-state index contributed by atoms with van der Waals surface area (Å²) in [6.07, 6.45) is 0. The molecule has 2 aromatic carbocycles. The molecule has 0 fully saturated rings. The zero-order valence-electron chi connectivity index (χ0n) is 9.47. The van der Waals surface area contributed by atoms with E-state index in [0.29, 0.717) is 11.3 Å². The molecule has 0 saturated carbocycles. The van der Waals surface area contributed by atoms with E-state index in [4.69, 9.17) is 10.8 Å². The number of hydrogen-bond acceptors (Lipinski definition) is 2. The first-order valence-corrected chi connectivity index (χ1v) is 5.28. The molecule has 2 rings (SSSR count). The van der Waals surface area contributed by atoms with Crippen molar-refractivity contribution >= 4 is 11.7 Å². The number of carboxylic acids is 1. The van der Waals surface area contributed by atoms with Gasteiger partial charge in [-0.05, 0) is 47.9 Å². The van der Waals surface area contributed by atoms with Gasteiger partial charge in [0, 0.05) is 5.69 Å². The van der Waals surface area contributed by atoms with Crippen LogP contribution in [0.1, 0.15) is 15.9 Å². The molecule has 0 radical (unpaired) electrons. The molecule has 3 nitrogen and oxygen atoms in total. The molecule has 0 aliphatic rings. The molecule has 0 heterocycles. The van der Waals surface area contributed by atoms with Gasteiger partial charge in [0.25, 0.3) is 0 Å². The van der Waals surface area contributed by atoms with Crippen molar-refractivity contribution in [2.75, 3.05) is 5.73 Å². The molecule has 0 atom stereocenters. The third-order valence-electron chi connectivity index (χ3n) is 2.67. The molecule has 3 N–H and O–H groups in total. The number of anilines is 1. The van der Waals surface area contributed by atoms with E-state index in [0.717, 1.165) is 16.7 Å². The summed E-state index contributed by atoms with van der Waals surface area (Å²) >= 11 is 0. The lowest BCUT2D eigenvalue weighted by Gasteiger charge is -2.07. The van der Waals surface area contributed by atoms with Gasteiger partial charge in [0.2, 0.25) is 0 Å². The number of nitrogen functional groups attached to an aromatic ring is 1. The van der Waals surface area contributed by atoms with Crippen LogP contribution in [0.3, 0.4) is 0 Å². The van der Waals surface area contributed by atoms with Crippen molar-refractivity contribution in [1.82, 2.24) is 0 Å². The number of carboxylic acid groups (broad SMARTS) is 1. The lowest BCUT2D eigenvalue weighted by Crippen LogP contribution is -1.97. The van der Waals surface area contributed by atoms with E-state index in [-0.39, 0.29) is 0 Å². The predicted molar refractivity (Wildman–Crippen MR) is 68.0 cm³/mol. The van der Waals surface area contributed by atoms with Crippen molar-refractivity contribution < 1.29 is 9.90 Å². The van der Waals surface area contributed by atoms with E-state index in [9.17, 15) is 4.79 Å². The van der Waals surface area contributed by atoms with Gasteiger partial charge in [0.1, 0.15) is 0 Å². The number of nitrogens with two attached hydrogens (primary N) is 1. The van der Waals surface area contributed by atoms with Crippen LogP contribution in [0.15, 0.2) is 42.5 Å². The summed E-state index contributed by atoms with van der Waals surface area (Å²) in [7, 11) is 0. The van der Waals surface area contributed by atoms with Gasteiger partial charge in [0.15, 0.2) is 0 Å². The van der Waals surface area contributed by atoms with Gasteiger partial charge in [-0.25, -0.2) is 4.79 Å². The lowest BCUT2D eigenvalue weighted by molar-refractivity contribution is 0.0697. The largest absolute Gasteiger partial charge is 0.478 e. The molecule has 0 aliphatic heterocycles. The Bertz CT molecular complexity index is 576. The van der Waals surface area contributed by atoms with Crippen LogP contribution in [0, 0.1) is 6.92 Å². The summed E-state index contributed by atoms with van der Waals surface area (Å²) in [5.41, 5.74) is 9.66. The average molecular weight is 227 g/mol. The Morgan fingerprint density at radius 3 is 2.53 bits per heavy atom. The van der Waals surface area contributed by atoms with Crippen LogP contribution >= 0.6 is 0 Å². The predicted octanol–water partition coefficient (Wildman–Crippen LogP) is 2.94. The highest BCUT2D eigenvalue weighted by Crippen LogP contribution is 2.25. The van der Waals surface area contributed by atoms with Crippen molar-refractivity contribution in [2.45, 2.75) is 6.92 Å². The Labute approximate surface area is 99.5 Å². The van der Waals surface area contributed by atoms with Crippen molar-refractivity contribution in [3.05, 3.63) is 53.6 Å². The first-order chi connectivity index (χ1) is 8.08. The van der Waals surface area contributed by atoms with Crippen LogP contribution in [0.5, 0.6) is 0 Å². The standard InChI is InChI=1S/C14H13NO2/c1-9-7-11(14(16)17)5-6-13(9)10-3-2-4-12(15)8-10/h2-8H,15H2,1H3,(H,16,17). The first-order valence-electron chi connectivity index (χ1n) is 5.28. The highest BCUT2D eigenvalue weighted by molar-refractivity contribution is 5.89. The van der Waals surface area contributed by atoms with Gasteiger partial charge in [-0.2, -0.15) is 0 Å². The maximum Gasteiger partial charge on any atom is 0.335 e. The summed E-state index contributed by atoms with van der Waals surface area (Å²) in [4.78, 5) is 10.8. The van der Waals surface area contributed by atoms with Crippen LogP contribution in [-0.2, 0) is 0 Å². The van der Waals surface area contributed by atoms with Gasteiger partial charge in [0.05, 0.1) is 5.56 Å². The third kappa shape index (κ3) is 2.28. The summed E-state index contributed by atoms with van der Waals surface area (Å²) in [5, 5.41) is 8.89. The fourth-order valence-corrected chi connectivity index (χ4v) is 1.83. The SMILES string of the molecule is Cc1cc(C(=O)O)ccc1-c1cccc(N)c1. The normalized spacial score (nSPS) is 10.2. The van der Waals surface area contributed by atoms with E-state index in [1.165, 1.54) is 0 Å². The smallest absolute Gasteiger partial charge is 0.335 e. The summed E-state index contributed by atoms with van der Waals surface area (Å²) < 4.78 is 0. The Balaban J connectivity index is 2.50. The van der Waals surface area contributed by atoms with Crippen LogP contribution in [0.2, 0.25) is 0 Å². The number of benzene rings is 2. The lowest BCUT2D eigenvalue weighted by atomic mass is 9.98. The molecule has 3 heteroatoms. The molecule has 0 saturated heterocycles. The molecule has 0 spiro atoms. The third-order valence-corrected chi connectivity index (χ3v) is 2.67. The van der Waals surface area contributed by atoms with Crippen molar-refractivity contribution in [3.63, 3.8) is 0 Å². The molecule has 17 heavy (non-hydrogen) atoms. The molecule has 0 aliphatic carbocycles. The number of hydrogen-bond donors (Lipinski definition) is 2. The van der Waals surface area contributed by atoms with Crippen molar-refractivity contribution in [2.24, 2.45) is 0 Å². The van der Waals surface area contributed by atoms with Gasteiger partial charge in [-0.15, -0.1) is 0 Å². The van der Waals surface area contributed by atoms with Crippen LogP contribution in [0.4, 0.5) is 5.69 Å².